The Labute approximate surface area is 144 Å². The predicted molar refractivity (Wildman–Crippen MR) is 96.7 cm³/mol. The molecule has 0 aliphatic rings. The smallest absolute Gasteiger partial charge is 0.316 e. The summed E-state index contributed by atoms with van der Waals surface area (Å²) < 4.78 is 5.29. The first-order valence-electron chi connectivity index (χ1n) is 7.52. The molecule has 0 bridgehead atoms. The summed E-state index contributed by atoms with van der Waals surface area (Å²) in [4.78, 5) is 16.9. The molecule has 122 valence electrons. The number of carbonyl (C=O) groups is 1. The van der Waals surface area contributed by atoms with Gasteiger partial charge >= 0.3 is 5.97 Å². The summed E-state index contributed by atoms with van der Waals surface area (Å²) in [6.45, 7) is 1.68. The number of carboxylic acids is 1. The van der Waals surface area contributed by atoms with Gasteiger partial charge in [0.05, 0.1) is 18.3 Å². The first-order chi connectivity index (χ1) is 11.6. The first-order valence-corrected chi connectivity index (χ1v) is 8.40. The monoisotopic (exact) mass is 339 g/mol. The average molecular weight is 339 g/mol. The zero-order chi connectivity index (χ0) is 17.1. The molecule has 4 nitrogen and oxygen atoms in total. The van der Waals surface area contributed by atoms with E-state index in [1.165, 1.54) is 11.8 Å². The maximum atomic E-state index is 11.3. The van der Waals surface area contributed by atoms with Crippen LogP contribution >= 0.6 is 11.8 Å². The quantitative estimate of drug-likeness (QED) is 0.695. The zero-order valence-electron chi connectivity index (χ0n) is 13.4. The predicted octanol–water partition coefficient (Wildman–Crippen LogP) is 4.48. The summed E-state index contributed by atoms with van der Waals surface area (Å²) >= 11 is 1.31. The molecule has 1 atom stereocenters. The van der Waals surface area contributed by atoms with Gasteiger partial charge in [-0.3, -0.25) is 4.79 Å². The molecule has 3 rings (SSSR count). The van der Waals surface area contributed by atoms with E-state index >= 15 is 0 Å². The Balaban J connectivity index is 2.17. The van der Waals surface area contributed by atoms with E-state index in [2.05, 4.69) is 0 Å². The van der Waals surface area contributed by atoms with Crippen LogP contribution in [0.4, 0.5) is 0 Å². The Bertz CT molecular complexity index is 880. The van der Waals surface area contributed by atoms with E-state index in [1.54, 1.807) is 14.0 Å². The molecule has 0 spiro atoms. The Morgan fingerprint density at radius 2 is 1.92 bits per heavy atom. The maximum Gasteiger partial charge on any atom is 0.316 e. The van der Waals surface area contributed by atoms with Crippen LogP contribution in [0.5, 0.6) is 5.75 Å². The summed E-state index contributed by atoms with van der Waals surface area (Å²) in [5.41, 5.74) is 2.64. The molecule has 0 aliphatic heterocycles. The van der Waals surface area contributed by atoms with Gasteiger partial charge in [-0.15, -0.1) is 11.8 Å². The third kappa shape index (κ3) is 3.36. The van der Waals surface area contributed by atoms with Gasteiger partial charge < -0.3 is 9.84 Å². The highest BCUT2D eigenvalue weighted by Gasteiger charge is 2.16. The molecule has 1 N–H and O–H groups in total. The zero-order valence-corrected chi connectivity index (χ0v) is 14.2. The van der Waals surface area contributed by atoms with Crippen molar-refractivity contribution < 1.29 is 14.6 Å². The molecule has 0 unspecified atom stereocenters. The van der Waals surface area contributed by atoms with Crippen molar-refractivity contribution in [2.75, 3.05) is 7.11 Å². The fourth-order valence-electron chi connectivity index (χ4n) is 2.40. The lowest BCUT2D eigenvalue weighted by Gasteiger charge is -2.12. The largest absolute Gasteiger partial charge is 0.497 e. The van der Waals surface area contributed by atoms with Gasteiger partial charge in [-0.05, 0) is 31.2 Å². The van der Waals surface area contributed by atoms with Gasteiger partial charge in [0.1, 0.15) is 11.0 Å². The van der Waals surface area contributed by atoms with Crippen LogP contribution in [0.1, 0.15) is 6.92 Å². The number of rotatable bonds is 5. The van der Waals surface area contributed by atoms with Crippen molar-refractivity contribution in [1.29, 1.82) is 0 Å². The van der Waals surface area contributed by atoms with Crippen LogP contribution in [-0.4, -0.2) is 28.4 Å². The molecule has 1 aromatic heterocycles. The van der Waals surface area contributed by atoms with Crippen LogP contribution in [0.2, 0.25) is 0 Å². The van der Waals surface area contributed by atoms with Crippen LogP contribution in [0.15, 0.2) is 59.5 Å². The lowest BCUT2D eigenvalue weighted by molar-refractivity contribution is -0.136. The molecule has 1 heterocycles. The van der Waals surface area contributed by atoms with Crippen molar-refractivity contribution in [2.45, 2.75) is 17.1 Å². The van der Waals surface area contributed by atoms with E-state index in [4.69, 9.17) is 9.72 Å². The summed E-state index contributed by atoms with van der Waals surface area (Å²) in [6.07, 6.45) is 0. The van der Waals surface area contributed by atoms with Crippen molar-refractivity contribution in [2.24, 2.45) is 0 Å². The van der Waals surface area contributed by atoms with Gasteiger partial charge in [0, 0.05) is 15.8 Å². The van der Waals surface area contributed by atoms with Crippen molar-refractivity contribution in [1.82, 2.24) is 4.98 Å². The molecule has 0 radical (unpaired) electrons. The second-order valence-corrected chi connectivity index (χ2v) is 6.74. The number of pyridine rings is 1. The van der Waals surface area contributed by atoms with Crippen LogP contribution in [0.3, 0.4) is 0 Å². The number of aromatic nitrogens is 1. The number of nitrogens with zero attached hydrogens (tertiary/aromatic N) is 1. The van der Waals surface area contributed by atoms with Gasteiger partial charge in [0.2, 0.25) is 0 Å². The van der Waals surface area contributed by atoms with Gasteiger partial charge in [-0.2, -0.15) is 0 Å². The highest BCUT2D eigenvalue weighted by molar-refractivity contribution is 8.00. The average Bonchev–Trinajstić information content (AvgIpc) is 2.61. The minimum Gasteiger partial charge on any atom is -0.497 e. The second-order valence-electron chi connectivity index (χ2n) is 5.35. The lowest BCUT2D eigenvalue weighted by Crippen LogP contribution is -2.11. The van der Waals surface area contributed by atoms with E-state index in [-0.39, 0.29) is 0 Å². The van der Waals surface area contributed by atoms with Gasteiger partial charge in [0.15, 0.2) is 0 Å². The Morgan fingerprint density at radius 1 is 1.17 bits per heavy atom. The SMILES string of the molecule is COc1ccc2nc(-c3ccccc3)cc(S[C@@H](C)C(=O)O)c2c1. The number of fused-ring (bicyclic) bond motifs is 1. The Morgan fingerprint density at radius 3 is 2.58 bits per heavy atom. The number of aliphatic carboxylic acids is 1. The fraction of sp³-hybridized carbons (Fsp3) is 0.158. The molecule has 3 aromatic rings. The summed E-state index contributed by atoms with van der Waals surface area (Å²) in [5.74, 6) is -0.115. The van der Waals surface area contributed by atoms with Gasteiger partial charge in [0.25, 0.3) is 0 Å². The number of carboxylic acid groups (broad SMARTS) is 1. The topological polar surface area (TPSA) is 59.4 Å². The number of thioether (sulfide) groups is 1. The minimum absolute atomic E-state index is 0.551. The van der Waals surface area contributed by atoms with E-state index in [0.717, 1.165) is 32.8 Å². The Hall–Kier alpha value is -2.53. The van der Waals surface area contributed by atoms with Crippen molar-refractivity contribution in [3.8, 4) is 17.0 Å². The number of hydrogen-bond donors (Lipinski definition) is 1. The Kier molecular flexibility index (Phi) is 4.71. The van der Waals surface area contributed by atoms with Crippen LogP contribution in [-0.2, 0) is 4.79 Å². The molecule has 0 saturated carbocycles. The highest BCUT2D eigenvalue weighted by atomic mass is 32.2. The van der Waals surface area contributed by atoms with Crippen LogP contribution in [0, 0.1) is 0 Å². The molecular formula is C19H17NO3S. The lowest BCUT2D eigenvalue weighted by atomic mass is 10.1. The normalized spacial score (nSPS) is 12.1. The van der Waals surface area contributed by atoms with Gasteiger partial charge in [-0.1, -0.05) is 30.3 Å². The molecule has 0 saturated heterocycles. The van der Waals surface area contributed by atoms with Gasteiger partial charge in [-0.25, -0.2) is 4.98 Å². The van der Waals surface area contributed by atoms with Crippen molar-refractivity contribution in [3.63, 3.8) is 0 Å². The summed E-state index contributed by atoms with van der Waals surface area (Å²) in [7, 11) is 1.61. The molecular weight excluding hydrogens is 322 g/mol. The third-order valence-corrected chi connectivity index (χ3v) is 4.85. The van der Waals surface area contributed by atoms with Crippen LogP contribution in [0.25, 0.3) is 22.2 Å². The molecule has 2 aromatic carbocycles. The number of hydrogen-bond acceptors (Lipinski definition) is 4. The van der Waals surface area contributed by atoms with E-state index in [9.17, 15) is 9.90 Å². The standard InChI is InChI=1S/C19H17NO3S/c1-12(19(21)22)24-18-11-17(13-6-4-3-5-7-13)20-16-9-8-14(23-2)10-15(16)18/h3-12H,1-2H3,(H,21,22)/t12-/m0/s1. The fourth-order valence-corrected chi connectivity index (χ4v) is 3.35. The van der Waals surface area contributed by atoms with Crippen molar-refractivity contribution >= 4 is 28.6 Å². The summed E-state index contributed by atoms with van der Waals surface area (Å²) in [6, 6.07) is 17.5. The second kappa shape index (κ2) is 6.93. The molecule has 0 amide bonds. The van der Waals surface area contributed by atoms with Crippen molar-refractivity contribution in [3.05, 3.63) is 54.6 Å². The van der Waals surface area contributed by atoms with E-state index in [1.807, 2.05) is 54.6 Å². The van der Waals surface area contributed by atoms with Crippen LogP contribution < -0.4 is 4.74 Å². The number of methoxy groups -OCH3 is 1. The van der Waals surface area contributed by atoms with E-state index in [0.29, 0.717) is 0 Å². The molecule has 5 heteroatoms. The maximum absolute atomic E-state index is 11.3. The minimum atomic E-state index is -0.839. The first kappa shape index (κ1) is 16.3. The highest BCUT2D eigenvalue weighted by Crippen LogP contribution is 2.35. The molecule has 24 heavy (non-hydrogen) atoms. The number of ether oxygens (including phenoxy) is 1. The third-order valence-electron chi connectivity index (χ3n) is 3.70. The summed E-state index contributed by atoms with van der Waals surface area (Å²) in [5, 5.41) is 9.59. The number of benzene rings is 2. The van der Waals surface area contributed by atoms with E-state index < -0.39 is 11.2 Å². The molecule has 0 fully saturated rings. The molecule has 0 aliphatic carbocycles.